The lowest BCUT2D eigenvalue weighted by Gasteiger charge is -2.24. The first kappa shape index (κ1) is 28.1. The van der Waals surface area contributed by atoms with Gasteiger partial charge in [0.15, 0.2) is 11.5 Å². The highest BCUT2D eigenvalue weighted by atomic mass is 16.3. The summed E-state index contributed by atoms with van der Waals surface area (Å²) in [5, 5.41) is 19.0. The molecule has 0 aliphatic carbocycles. The second-order valence-electron chi connectivity index (χ2n) is 10.8. The smallest absolute Gasteiger partial charge is 0.229 e. The van der Waals surface area contributed by atoms with Crippen LogP contribution in [0.15, 0.2) is 43.5 Å². The van der Waals surface area contributed by atoms with Crippen molar-refractivity contribution >= 4 is 11.6 Å². The highest BCUT2D eigenvalue weighted by Gasteiger charge is 2.24. The van der Waals surface area contributed by atoms with Crippen molar-refractivity contribution in [2.75, 3.05) is 0 Å². The lowest BCUT2D eigenvalue weighted by atomic mass is 9.80. The Kier molecular flexibility index (Phi) is 9.63. The summed E-state index contributed by atoms with van der Waals surface area (Å²) in [4.78, 5) is 48.6. The Morgan fingerprint density at radius 1 is 0.686 bits per heavy atom. The third-order valence-corrected chi connectivity index (χ3v) is 6.24. The van der Waals surface area contributed by atoms with E-state index in [1.807, 2.05) is 27.7 Å². The van der Waals surface area contributed by atoms with Gasteiger partial charge in [0.2, 0.25) is 10.9 Å². The van der Waals surface area contributed by atoms with E-state index in [2.05, 4.69) is 0 Å². The maximum atomic E-state index is 12.3. The van der Waals surface area contributed by atoms with Crippen LogP contribution in [0.3, 0.4) is 0 Å². The normalized spacial score (nSPS) is 12.0. The van der Waals surface area contributed by atoms with Gasteiger partial charge in [-0.25, -0.2) is 0 Å². The van der Waals surface area contributed by atoms with Gasteiger partial charge in [-0.05, 0) is 42.9 Å². The molecule has 8 heteroatoms. The number of hydrogen-bond acceptors (Lipinski definition) is 8. The van der Waals surface area contributed by atoms with E-state index in [4.69, 9.17) is 8.83 Å². The third-order valence-electron chi connectivity index (χ3n) is 6.24. The van der Waals surface area contributed by atoms with Crippen molar-refractivity contribution < 1.29 is 28.6 Å². The molecule has 0 amide bonds. The van der Waals surface area contributed by atoms with E-state index in [-0.39, 0.29) is 22.4 Å². The van der Waals surface area contributed by atoms with Gasteiger partial charge in [-0.15, -0.1) is 0 Å². The Morgan fingerprint density at radius 3 is 1.43 bits per heavy atom. The number of aromatic hydroxyl groups is 2. The standard InChI is InChI=1S/C27H36O8/c1-26(2,12-18-14-34-16-22(30)24(18)32)10-8-20(28)6-5-7-21(29)9-11-27(3,4)13-19-15-35-17-23(31)25(19)33/h14-17,30-31H,5-13H2,1-4H3. The second kappa shape index (κ2) is 12.0. The Labute approximate surface area is 205 Å². The fourth-order valence-corrected chi connectivity index (χ4v) is 4.04. The van der Waals surface area contributed by atoms with Crippen LogP contribution in [0, 0.1) is 10.8 Å². The fraction of sp³-hybridized carbons (Fsp3) is 0.556. The predicted octanol–water partition coefficient (Wildman–Crippen LogP) is 4.71. The molecule has 2 aromatic rings. The van der Waals surface area contributed by atoms with Crippen LogP contribution >= 0.6 is 0 Å². The number of Topliss-reactive ketones (excluding diaryl/α,β-unsaturated/α-hetero) is 2. The molecule has 2 heterocycles. The van der Waals surface area contributed by atoms with Crippen LogP contribution < -0.4 is 10.9 Å². The van der Waals surface area contributed by atoms with E-state index in [0.717, 1.165) is 12.5 Å². The van der Waals surface area contributed by atoms with Crippen LogP contribution in [-0.2, 0) is 22.4 Å². The summed E-state index contributed by atoms with van der Waals surface area (Å²) in [6, 6.07) is 0. The summed E-state index contributed by atoms with van der Waals surface area (Å²) < 4.78 is 9.94. The van der Waals surface area contributed by atoms with Crippen molar-refractivity contribution in [3.05, 3.63) is 56.6 Å². The molecule has 2 N–H and O–H groups in total. The first-order valence-electron chi connectivity index (χ1n) is 11.9. The molecule has 0 spiro atoms. The summed E-state index contributed by atoms with van der Waals surface area (Å²) in [5.74, 6) is -0.700. The van der Waals surface area contributed by atoms with Crippen molar-refractivity contribution in [1.29, 1.82) is 0 Å². The highest BCUT2D eigenvalue weighted by molar-refractivity contribution is 5.81. The maximum absolute atomic E-state index is 12.3. The van der Waals surface area contributed by atoms with E-state index in [9.17, 15) is 29.4 Å². The predicted molar refractivity (Wildman–Crippen MR) is 131 cm³/mol. The number of carbonyl (C=O) groups is 2. The first-order valence-corrected chi connectivity index (χ1v) is 11.9. The molecule has 0 bridgehead atoms. The summed E-state index contributed by atoms with van der Waals surface area (Å²) in [6.07, 6.45) is 8.42. The Balaban J connectivity index is 1.71. The minimum Gasteiger partial charge on any atom is -0.502 e. The minimum absolute atomic E-state index is 0.0739. The molecular weight excluding hydrogens is 452 g/mol. The van der Waals surface area contributed by atoms with Crippen molar-refractivity contribution in [1.82, 2.24) is 0 Å². The van der Waals surface area contributed by atoms with Gasteiger partial charge in [0.1, 0.15) is 24.1 Å². The lowest BCUT2D eigenvalue weighted by molar-refractivity contribution is -0.121. The largest absolute Gasteiger partial charge is 0.502 e. The Bertz CT molecular complexity index is 1050. The van der Waals surface area contributed by atoms with Gasteiger partial charge < -0.3 is 19.0 Å². The van der Waals surface area contributed by atoms with Gasteiger partial charge >= 0.3 is 0 Å². The van der Waals surface area contributed by atoms with Crippen molar-refractivity contribution in [2.45, 2.75) is 85.5 Å². The quantitative estimate of drug-likeness (QED) is 0.390. The van der Waals surface area contributed by atoms with Crippen LogP contribution in [0.25, 0.3) is 0 Å². The average molecular weight is 489 g/mol. The molecule has 0 aliphatic heterocycles. The zero-order valence-electron chi connectivity index (χ0n) is 21.0. The van der Waals surface area contributed by atoms with Crippen LogP contribution in [-0.4, -0.2) is 21.8 Å². The average Bonchev–Trinajstić information content (AvgIpc) is 2.77. The van der Waals surface area contributed by atoms with Gasteiger partial charge in [-0.2, -0.15) is 0 Å². The first-order chi connectivity index (χ1) is 16.3. The Hall–Kier alpha value is -3.16. The molecule has 0 unspecified atom stereocenters. The van der Waals surface area contributed by atoms with Crippen LogP contribution in [0.5, 0.6) is 11.5 Å². The van der Waals surface area contributed by atoms with Gasteiger partial charge in [0.25, 0.3) is 0 Å². The lowest BCUT2D eigenvalue weighted by Crippen LogP contribution is -2.21. The molecule has 192 valence electrons. The fourth-order valence-electron chi connectivity index (χ4n) is 4.04. The SMILES string of the molecule is CC(C)(CCC(=O)CCCC(=O)CCC(C)(C)Cc1cocc(O)c1=O)Cc1cocc(O)c1=O. The van der Waals surface area contributed by atoms with Gasteiger partial charge in [-0.1, -0.05) is 27.7 Å². The van der Waals surface area contributed by atoms with Crippen LogP contribution in [0.2, 0.25) is 0 Å². The summed E-state index contributed by atoms with van der Waals surface area (Å²) in [6.45, 7) is 7.82. The molecule has 0 saturated heterocycles. The zero-order valence-corrected chi connectivity index (χ0v) is 21.0. The highest BCUT2D eigenvalue weighted by Crippen LogP contribution is 2.29. The van der Waals surface area contributed by atoms with E-state index >= 15 is 0 Å². The Morgan fingerprint density at radius 2 is 1.06 bits per heavy atom. The molecule has 35 heavy (non-hydrogen) atoms. The zero-order chi connectivity index (χ0) is 26.2. The van der Waals surface area contributed by atoms with E-state index in [1.165, 1.54) is 12.5 Å². The molecule has 0 radical (unpaired) electrons. The third kappa shape index (κ3) is 9.19. The van der Waals surface area contributed by atoms with Crippen molar-refractivity contribution in [2.24, 2.45) is 10.8 Å². The van der Waals surface area contributed by atoms with Crippen LogP contribution in [0.4, 0.5) is 0 Å². The molecule has 0 atom stereocenters. The minimum atomic E-state index is -0.456. The monoisotopic (exact) mass is 488 g/mol. The topological polar surface area (TPSA) is 135 Å². The van der Waals surface area contributed by atoms with E-state index in [1.54, 1.807) is 0 Å². The summed E-state index contributed by atoms with van der Waals surface area (Å²) >= 11 is 0. The number of rotatable bonds is 14. The molecule has 2 aromatic heterocycles. The van der Waals surface area contributed by atoms with Gasteiger partial charge in [0, 0.05) is 36.8 Å². The summed E-state index contributed by atoms with van der Waals surface area (Å²) in [7, 11) is 0. The van der Waals surface area contributed by atoms with Gasteiger partial charge in [0.05, 0.1) is 12.5 Å². The number of ketones is 2. The molecule has 0 aliphatic rings. The molecule has 8 nitrogen and oxygen atoms in total. The molecule has 0 aromatic carbocycles. The van der Waals surface area contributed by atoms with Crippen molar-refractivity contribution in [3.63, 3.8) is 0 Å². The number of hydrogen-bond donors (Lipinski definition) is 2. The maximum Gasteiger partial charge on any atom is 0.229 e. The number of carbonyl (C=O) groups excluding carboxylic acids is 2. The van der Waals surface area contributed by atoms with E-state index in [0.29, 0.717) is 68.9 Å². The summed E-state index contributed by atoms with van der Waals surface area (Å²) in [5.41, 5.74) is -0.814. The van der Waals surface area contributed by atoms with Crippen molar-refractivity contribution in [3.8, 4) is 11.5 Å². The van der Waals surface area contributed by atoms with Gasteiger partial charge in [-0.3, -0.25) is 19.2 Å². The molecule has 0 fully saturated rings. The van der Waals surface area contributed by atoms with Crippen LogP contribution in [0.1, 0.15) is 83.8 Å². The molecular formula is C27H36O8. The van der Waals surface area contributed by atoms with E-state index < -0.39 is 22.4 Å². The molecule has 0 saturated carbocycles. The second-order valence-corrected chi connectivity index (χ2v) is 10.8. The molecule has 2 rings (SSSR count).